The normalized spacial score (nSPS) is 16.8. The van der Waals surface area contributed by atoms with Gasteiger partial charge in [-0.05, 0) is 18.6 Å². The van der Waals surface area contributed by atoms with Gasteiger partial charge in [0.2, 0.25) is 5.95 Å². The molecule has 2 saturated heterocycles. The number of aromatic nitrogens is 4. The van der Waals surface area contributed by atoms with Crippen molar-refractivity contribution >= 4 is 35.9 Å². The van der Waals surface area contributed by atoms with Gasteiger partial charge in [-0.25, -0.2) is 13.5 Å². The Labute approximate surface area is 220 Å². The number of β-amino-alcohol motifs (C(OH)–C–C–N with tert-alkyl or cyclic N) is 1. The van der Waals surface area contributed by atoms with Gasteiger partial charge in [-0.1, -0.05) is 19.1 Å². The van der Waals surface area contributed by atoms with E-state index in [0.717, 1.165) is 43.4 Å². The summed E-state index contributed by atoms with van der Waals surface area (Å²) in [4.78, 5) is 14.9. The number of hydrogen-bond donors (Lipinski definition) is 2. The minimum Gasteiger partial charge on any atom is -0.389 e. The van der Waals surface area contributed by atoms with Crippen molar-refractivity contribution in [2.45, 2.75) is 19.4 Å². The number of aliphatic hydroxyl groups is 1. The lowest BCUT2D eigenvalue weighted by Crippen LogP contribution is -2.51. The molecule has 5 rings (SSSR count). The van der Waals surface area contributed by atoms with Gasteiger partial charge in [0.05, 0.1) is 18.0 Å². The van der Waals surface area contributed by atoms with Gasteiger partial charge in [-0.3, -0.25) is 4.90 Å². The molecule has 2 fully saturated rings. The number of halogens is 3. The molecule has 0 atom stereocenters. The summed E-state index contributed by atoms with van der Waals surface area (Å²) in [5.74, 6) is 0.335. The van der Waals surface area contributed by atoms with Gasteiger partial charge in [0.15, 0.2) is 5.82 Å². The summed E-state index contributed by atoms with van der Waals surface area (Å²) in [6.45, 7) is 6.90. The molecule has 3 aromatic rings. The summed E-state index contributed by atoms with van der Waals surface area (Å²) in [7, 11) is 0. The van der Waals surface area contributed by atoms with Crippen molar-refractivity contribution in [2.24, 2.45) is 0 Å². The maximum absolute atomic E-state index is 13.5. The number of nitrogens with two attached hydrogens (primary N) is 1. The number of nitrogen functional groups attached to an aromatic ring is 1. The molecule has 12 heteroatoms. The Morgan fingerprint density at radius 3 is 2.32 bits per heavy atom. The zero-order chi connectivity index (χ0) is 25.2. The maximum Gasteiger partial charge on any atom is 0.224 e. The lowest BCUT2D eigenvalue weighted by atomic mass is 10.1. The minimum absolute atomic E-state index is 0. The van der Waals surface area contributed by atoms with Crippen LogP contribution in [-0.2, 0) is 6.42 Å². The number of rotatable bonds is 7. The monoisotopic (exact) mass is 532 g/mol. The van der Waals surface area contributed by atoms with Gasteiger partial charge in [-0.2, -0.15) is 15.1 Å². The molecular weight excluding hydrogens is 502 g/mol. The van der Waals surface area contributed by atoms with Crippen LogP contribution >= 0.6 is 12.4 Å². The van der Waals surface area contributed by atoms with Crippen LogP contribution in [0.5, 0.6) is 0 Å². The van der Waals surface area contributed by atoms with Gasteiger partial charge in [0.1, 0.15) is 17.5 Å². The third-order valence-electron chi connectivity index (χ3n) is 6.60. The van der Waals surface area contributed by atoms with Gasteiger partial charge in [0.25, 0.3) is 0 Å². The lowest BCUT2D eigenvalue weighted by Gasteiger charge is -2.36. The van der Waals surface area contributed by atoms with Crippen molar-refractivity contribution in [1.29, 1.82) is 0 Å². The Morgan fingerprint density at radius 2 is 1.68 bits per heavy atom. The number of hydrogen-bond acceptors (Lipinski definition) is 8. The Hall–Kier alpha value is -3.28. The topological polar surface area (TPSA) is 99.6 Å². The van der Waals surface area contributed by atoms with E-state index in [-0.39, 0.29) is 24.5 Å². The lowest BCUT2D eigenvalue weighted by molar-refractivity contribution is 0.141. The van der Waals surface area contributed by atoms with E-state index in [2.05, 4.69) is 39.0 Å². The number of nitrogens with zero attached hydrogens (tertiary/aromatic N) is 7. The standard InChI is InChI=1S/C25H30F2N8O.ClH/c1-2-22-17(14-29-35(22)24-13-23(30-25(28)31-24)34-15-21(36)16-34)4-3-5-32-6-8-33(9-7-32)20-11-18(26)10-19(27)12-20;/h3-4,10-14,21,36H,2,5-9,15-16H2,1H3,(H2,28,30,31);1H. The van der Waals surface area contributed by atoms with E-state index in [1.807, 2.05) is 22.1 Å². The Balaban J connectivity index is 0.00000320. The quantitative estimate of drug-likeness (QED) is 0.479. The average molecular weight is 533 g/mol. The molecule has 0 spiro atoms. The molecule has 0 amide bonds. The van der Waals surface area contributed by atoms with E-state index < -0.39 is 11.6 Å². The van der Waals surface area contributed by atoms with Crippen LogP contribution in [0.2, 0.25) is 0 Å². The van der Waals surface area contributed by atoms with Crippen LogP contribution in [0.25, 0.3) is 11.9 Å². The smallest absolute Gasteiger partial charge is 0.224 e. The van der Waals surface area contributed by atoms with E-state index in [9.17, 15) is 13.9 Å². The summed E-state index contributed by atoms with van der Waals surface area (Å²) in [6.07, 6.45) is 6.40. The minimum atomic E-state index is -0.553. The van der Waals surface area contributed by atoms with Crippen molar-refractivity contribution in [2.75, 3.05) is 61.3 Å². The number of piperazine rings is 1. The van der Waals surface area contributed by atoms with Crippen molar-refractivity contribution in [3.63, 3.8) is 0 Å². The number of benzene rings is 1. The van der Waals surface area contributed by atoms with Gasteiger partial charge in [0, 0.05) is 69.2 Å². The zero-order valence-electron chi connectivity index (χ0n) is 20.6. The second-order valence-electron chi connectivity index (χ2n) is 9.13. The third-order valence-corrected chi connectivity index (χ3v) is 6.60. The molecule has 3 N–H and O–H groups in total. The van der Waals surface area contributed by atoms with Gasteiger partial charge < -0.3 is 20.6 Å². The highest BCUT2D eigenvalue weighted by Gasteiger charge is 2.26. The van der Waals surface area contributed by atoms with E-state index in [0.29, 0.717) is 43.5 Å². The molecule has 0 aliphatic carbocycles. The predicted octanol–water partition coefficient (Wildman–Crippen LogP) is 2.52. The fourth-order valence-electron chi connectivity index (χ4n) is 4.67. The van der Waals surface area contributed by atoms with E-state index in [1.54, 1.807) is 4.68 Å². The highest BCUT2D eigenvalue weighted by Crippen LogP contribution is 2.24. The Bertz CT molecular complexity index is 1240. The first kappa shape index (κ1) is 26.8. The van der Waals surface area contributed by atoms with Crippen LogP contribution in [-0.4, -0.2) is 81.7 Å². The summed E-state index contributed by atoms with van der Waals surface area (Å²) in [5.41, 5.74) is 8.56. The molecular formula is C25H31ClF2N8O. The van der Waals surface area contributed by atoms with E-state index in [4.69, 9.17) is 5.73 Å². The van der Waals surface area contributed by atoms with Crippen LogP contribution in [0.4, 0.5) is 26.2 Å². The molecule has 0 saturated carbocycles. The van der Waals surface area contributed by atoms with E-state index >= 15 is 0 Å². The SMILES string of the molecule is CCc1c(C=CCN2CCN(c3cc(F)cc(F)c3)CC2)cnn1-c1cc(N2CC(O)C2)nc(N)n1.Cl. The fraction of sp³-hybridized carbons (Fsp3) is 0.400. The summed E-state index contributed by atoms with van der Waals surface area (Å²) >= 11 is 0. The molecule has 0 bridgehead atoms. The molecule has 0 unspecified atom stereocenters. The molecule has 2 aliphatic rings. The van der Waals surface area contributed by atoms with Gasteiger partial charge in [-0.15, -0.1) is 12.4 Å². The highest BCUT2D eigenvalue weighted by molar-refractivity contribution is 5.85. The van der Waals surface area contributed by atoms with Crippen LogP contribution in [0, 0.1) is 11.6 Å². The molecule has 2 aliphatic heterocycles. The second-order valence-corrected chi connectivity index (χ2v) is 9.13. The van der Waals surface area contributed by atoms with Crippen molar-refractivity contribution < 1.29 is 13.9 Å². The Kier molecular flexibility index (Phi) is 8.25. The average Bonchev–Trinajstić information content (AvgIpc) is 3.24. The Morgan fingerprint density at radius 1 is 1.00 bits per heavy atom. The third kappa shape index (κ3) is 6.00. The van der Waals surface area contributed by atoms with Crippen LogP contribution in [0.3, 0.4) is 0 Å². The first-order valence-corrected chi connectivity index (χ1v) is 12.1. The summed E-state index contributed by atoms with van der Waals surface area (Å²) in [5, 5.41) is 14.2. The van der Waals surface area contributed by atoms with Crippen LogP contribution in [0.1, 0.15) is 18.2 Å². The van der Waals surface area contributed by atoms with E-state index in [1.165, 1.54) is 12.1 Å². The van der Waals surface area contributed by atoms with Gasteiger partial charge >= 0.3 is 0 Å². The molecule has 1 aromatic carbocycles. The highest BCUT2D eigenvalue weighted by atomic mass is 35.5. The first-order chi connectivity index (χ1) is 17.4. The molecule has 0 radical (unpaired) electrons. The first-order valence-electron chi connectivity index (χ1n) is 12.1. The molecule has 198 valence electrons. The predicted molar refractivity (Wildman–Crippen MR) is 142 cm³/mol. The molecule has 37 heavy (non-hydrogen) atoms. The molecule has 4 heterocycles. The second kappa shape index (κ2) is 11.4. The summed E-state index contributed by atoms with van der Waals surface area (Å²) < 4.78 is 28.9. The summed E-state index contributed by atoms with van der Waals surface area (Å²) in [6, 6.07) is 5.49. The van der Waals surface area contributed by atoms with Crippen LogP contribution < -0.4 is 15.5 Å². The number of aliphatic hydroxyl groups excluding tert-OH is 1. The molecule has 2 aromatic heterocycles. The number of anilines is 3. The van der Waals surface area contributed by atoms with Crippen molar-refractivity contribution in [1.82, 2.24) is 24.6 Å². The maximum atomic E-state index is 13.5. The zero-order valence-corrected chi connectivity index (χ0v) is 21.4. The fourth-order valence-corrected chi connectivity index (χ4v) is 4.67. The van der Waals surface area contributed by atoms with Crippen LogP contribution in [0.15, 0.2) is 36.5 Å². The molecule has 9 nitrogen and oxygen atoms in total. The van der Waals surface area contributed by atoms with Crippen molar-refractivity contribution in [3.8, 4) is 5.82 Å². The largest absolute Gasteiger partial charge is 0.389 e. The van der Waals surface area contributed by atoms with Crippen molar-refractivity contribution in [3.05, 3.63) is 59.4 Å².